The Kier molecular flexibility index (Phi) is 15.7. The Bertz CT molecular complexity index is 708. The van der Waals surface area contributed by atoms with Gasteiger partial charge in [0.1, 0.15) is 0 Å². The summed E-state index contributed by atoms with van der Waals surface area (Å²) in [6.45, 7) is 26.7. The topological polar surface area (TPSA) is 0 Å². The third-order valence-electron chi connectivity index (χ3n) is 11.4. The molecule has 0 bridgehead atoms. The number of unbranched alkanes of at least 4 members (excludes halogenated alkanes) is 1. The highest BCUT2D eigenvalue weighted by atomic mass is 14.3. The van der Waals surface area contributed by atoms with Gasteiger partial charge in [-0.1, -0.05) is 148 Å². The predicted molar refractivity (Wildman–Crippen MR) is 182 cm³/mol. The molecule has 0 heteroatoms. The maximum atomic E-state index is 4.56. The minimum absolute atomic E-state index is 0.204. The van der Waals surface area contributed by atoms with E-state index >= 15 is 0 Å². The molecule has 5 atom stereocenters. The Morgan fingerprint density at radius 2 is 0.925 bits per heavy atom. The van der Waals surface area contributed by atoms with E-state index in [0.717, 1.165) is 23.7 Å². The summed E-state index contributed by atoms with van der Waals surface area (Å²) < 4.78 is 0. The molecule has 0 aliphatic heterocycles. The maximum Gasteiger partial charge on any atom is -0.0142 e. The summed E-state index contributed by atoms with van der Waals surface area (Å²) in [6, 6.07) is 0. The average Bonchev–Trinajstić information content (AvgIpc) is 2.85. The van der Waals surface area contributed by atoms with Gasteiger partial charge in [0.05, 0.1) is 0 Å². The molecule has 0 heterocycles. The van der Waals surface area contributed by atoms with E-state index in [-0.39, 0.29) is 5.41 Å². The molecule has 0 saturated carbocycles. The monoisotopic (exact) mass is 554 g/mol. The third-order valence-corrected chi connectivity index (χ3v) is 11.4. The zero-order chi connectivity index (χ0) is 29.8. The summed E-state index contributed by atoms with van der Waals surface area (Å²) in [5, 5.41) is 0. The summed E-state index contributed by atoms with van der Waals surface area (Å²) in [7, 11) is 0. The van der Waals surface area contributed by atoms with E-state index in [1.54, 1.807) is 22.3 Å². The lowest BCUT2D eigenvalue weighted by Crippen LogP contribution is -2.21. The van der Waals surface area contributed by atoms with Crippen LogP contribution in [-0.2, 0) is 0 Å². The largest absolute Gasteiger partial charge is 0.333 e. The van der Waals surface area contributed by atoms with Crippen LogP contribution in [0.25, 0.3) is 0 Å². The van der Waals surface area contributed by atoms with Gasteiger partial charge < -0.3 is 6.92 Å². The van der Waals surface area contributed by atoms with Crippen LogP contribution >= 0.6 is 0 Å². The van der Waals surface area contributed by atoms with Crippen molar-refractivity contribution in [2.24, 2.45) is 34.5 Å². The molecule has 0 aromatic rings. The van der Waals surface area contributed by atoms with Gasteiger partial charge >= 0.3 is 0 Å². The van der Waals surface area contributed by atoms with Crippen molar-refractivity contribution in [3.63, 3.8) is 0 Å². The van der Waals surface area contributed by atoms with Crippen molar-refractivity contribution < 1.29 is 0 Å². The van der Waals surface area contributed by atoms with Crippen molar-refractivity contribution in [1.29, 1.82) is 0 Å². The Balaban J connectivity index is 1.48. The first kappa shape index (κ1) is 35.7. The van der Waals surface area contributed by atoms with Gasteiger partial charge in [0.25, 0.3) is 0 Å². The zero-order valence-corrected chi connectivity index (χ0v) is 29.2. The fraction of sp³-hybridized carbons (Fsp3) is 0.875. The zero-order valence-electron chi connectivity index (χ0n) is 29.2. The standard InChI is InChI=1S/C40H73/c1-31(19-13-21-33(3)25-27-37-35(5)23-15-29-39(37,7)8)17-11-12-18-32(2)20-14-22-34(4)26-28-38-36(6)24-16-30-40(38,9)10/h31-34H,7,11-30H2,1-6,8-10H3/q-1/t31?,32-,33?,34-,39-/m0/s1. The smallest absolute Gasteiger partial charge is 0.0142 e. The highest BCUT2D eigenvalue weighted by molar-refractivity contribution is 5.24. The molecule has 0 radical (unpaired) electrons. The minimum Gasteiger partial charge on any atom is -0.333 e. The molecule has 234 valence electrons. The molecule has 0 N–H and O–H groups in total. The lowest BCUT2D eigenvalue weighted by molar-refractivity contribution is 0.337. The molecule has 0 spiro atoms. The molecule has 0 saturated heterocycles. The Hall–Kier alpha value is -0.520. The SMILES string of the molecule is [CH2-][C@]1(C)CCCC(C)=C1CCC(C)CCCC(C)CCCC[C@H](C)CCC[C@H](C)CCC1=C(C)CCCC1(C)C. The number of rotatable bonds is 19. The van der Waals surface area contributed by atoms with Crippen LogP contribution in [-0.4, -0.2) is 0 Å². The van der Waals surface area contributed by atoms with Crippen molar-refractivity contribution in [2.75, 3.05) is 0 Å². The fourth-order valence-corrected chi connectivity index (χ4v) is 8.28. The van der Waals surface area contributed by atoms with E-state index in [2.05, 4.69) is 69.2 Å². The lowest BCUT2D eigenvalue weighted by Gasteiger charge is -2.41. The van der Waals surface area contributed by atoms with Crippen LogP contribution in [0.4, 0.5) is 0 Å². The Morgan fingerprint density at radius 3 is 1.38 bits per heavy atom. The van der Waals surface area contributed by atoms with Crippen molar-refractivity contribution in [2.45, 2.75) is 191 Å². The summed E-state index contributed by atoms with van der Waals surface area (Å²) in [6.07, 6.45) is 27.8. The summed E-state index contributed by atoms with van der Waals surface area (Å²) >= 11 is 0. The minimum atomic E-state index is 0.204. The number of hydrogen-bond acceptors (Lipinski definition) is 0. The van der Waals surface area contributed by atoms with Gasteiger partial charge in [-0.15, -0.1) is 5.41 Å². The molecule has 40 heavy (non-hydrogen) atoms. The molecule has 2 aliphatic rings. The van der Waals surface area contributed by atoms with E-state index in [9.17, 15) is 0 Å². The van der Waals surface area contributed by atoms with E-state index in [4.69, 9.17) is 0 Å². The highest BCUT2D eigenvalue weighted by Gasteiger charge is 2.28. The maximum absolute atomic E-state index is 4.56. The molecule has 0 fully saturated rings. The van der Waals surface area contributed by atoms with E-state index < -0.39 is 0 Å². The molecule has 0 aromatic heterocycles. The molecule has 2 aliphatic carbocycles. The molecule has 2 unspecified atom stereocenters. The van der Waals surface area contributed by atoms with Crippen LogP contribution < -0.4 is 0 Å². The second-order valence-electron chi connectivity index (χ2n) is 16.3. The summed E-state index contributed by atoms with van der Waals surface area (Å²) in [5.41, 5.74) is 7.50. The normalized spacial score (nSPS) is 24.8. The molecule has 0 aromatic carbocycles. The van der Waals surface area contributed by atoms with Gasteiger partial charge in [0.2, 0.25) is 0 Å². The van der Waals surface area contributed by atoms with Gasteiger partial charge in [-0.05, 0) is 94.3 Å². The molecular weight excluding hydrogens is 480 g/mol. The van der Waals surface area contributed by atoms with Crippen LogP contribution in [0, 0.1) is 41.4 Å². The van der Waals surface area contributed by atoms with Gasteiger partial charge in [0, 0.05) is 0 Å². The van der Waals surface area contributed by atoms with Crippen LogP contribution in [0.3, 0.4) is 0 Å². The van der Waals surface area contributed by atoms with Crippen LogP contribution in [0.2, 0.25) is 0 Å². The summed E-state index contributed by atoms with van der Waals surface area (Å²) in [4.78, 5) is 0. The fourth-order valence-electron chi connectivity index (χ4n) is 8.28. The number of allylic oxidation sites excluding steroid dienone is 4. The van der Waals surface area contributed by atoms with Crippen LogP contribution in [0.5, 0.6) is 0 Å². The van der Waals surface area contributed by atoms with E-state index in [1.807, 2.05) is 0 Å². The molecule has 0 amide bonds. The van der Waals surface area contributed by atoms with Crippen molar-refractivity contribution >= 4 is 0 Å². The van der Waals surface area contributed by atoms with Crippen LogP contribution in [0.15, 0.2) is 22.3 Å². The second-order valence-corrected chi connectivity index (χ2v) is 16.3. The Morgan fingerprint density at radius 1 is 0.550 bits per heavy atom. The first-order valence-electron chi connectivity index (χ1n) is 18.1. The number of hydrogen-bond donors (Lipinski definition) is 0. The van der Waals surface area contributed by atoms with Gasteiger partial charge in [-0.2, -0.15) is 0 Å². The molecular formula is C40H73-. The van der Waals surface area contributed by atoms with Crippen molar-refractivity contribution in [3.05, 3.63) is 29.2 Å². The van der Waals surface area contributed by atoms with Gasteiger partial charge in [-0.3, -0.25) is 0 Å². The first-order valence-corrected chi connectivity index (χ1v) is 18.1. The summed E-state index contributed by atoms with van der Waals surface area (Å²) in [5.74, 6) is 3.55. The van der Waals surface area contributed by atoms with E-state index in [0.29, 0.717) is 5.41 Å². The van der Waals surface area contributed by atoms with Crippen LogP contribution in [0.1, 0.15) is 191 Å². The quantitative estimate of drug-likeness (QED) is 0.0847. The molecule has 2 rings (SSSR count). The van der Waals surface area contributed by atoms with Crippen molar-refractivity contribution in [1.82, 2.24) is 0 Å². The van der Waals surface area contributed by atoms with Gasteiger partial charge in [0.15, 0.2) is 0 Å². The first-order chi connectivity index (χ1) is 18.8. The third kappa shape index (κ3) is 12.8. The highest BCUT2D eigenvalue weighted by Crippen LogP contribution is 2.44. The second kappa shape index (κ2) is 17.6. The van der Waals surface area contributed by atoms with E-state index in [1.165, 1.54) is 128 Å². The van der Waals surface area contributed by atoms with Gasteiger partial charge in [-0.25, -0.2) is 0 Å². The lowest BCUT2D eigenvalue weighted by atomic mass is 9.70. The molecule has 0 nitrogen and oxygen atoms in total. The average molecular weight is 554 g/mol. The van der Waals surface area contributed by atoms with Crippen molar-refractivity contribution in [3.8, 4) is 0 Å². The predicted octanol–water partition coefficient (Wildman–Crippen LogP) is 13.9. The Labute approximate surface area is 254 Å².